The van der Waals surface area contributed by atoms with E-state index in [1.54, 1.807) is 25.1 Å². The summed E-state index contributed by atoms with van der Waals surface area (Å²) in [5, 5.41) is 3.74. The first-order chi connectivity index (χ1) is 8.58. The Balaban J connectivity index is 3.19. The smallest absolute Gasteiger partial charge is 0.340 e. The summed E-state index contributed by atoms with van der Waals surface area (Å²) in [5.74, 6) is -0.689. The number of ether oxygens (including phenoxy) is 1. The number of benzene rings is 1. The van der Waals surface area contributed by atoms with Gasteiger partial charge in [-0.05, 0) is 42.3 Å². The van der Waals surface area contributed by atoms with Crippen LogP contribution in [0.15, 0.2) is 33.5 Å². The van der Waals surface area contributed by atoms with Gasteiger partial charge in [-0.1, -0.05) is 32.6 Å². The molecule has 0 heterocycles. The van der Waals surface area contributed by atoms with Crippen LogP contribution in [0.2, 0.25) is 5.02 Å². The number of hydrogen-bond donors (Lipinski definition) is 0. The highest BCUT2D eigenvalue weighted by atomic mass is 79.9. The molecule has 0 bridgehead atoms. The van der Waals surface area contributed by atoms with Gasteiger partial charge in [0.15, 0.2) is 0 Å². The van der Waals surface area contributed by atoms with E-state index in [0.29, 0.717) is 10.6 Å². The Bertz CT molecular complexity index is 539. The average Bonchev–Trinajstić information content (AvgIpc) is 2.33. The van der Waals surface area contributed by atoms with E-state index in [4.69, 9.17) is 21.9 Å². The van der Waals surface area contributed by atoms with Crippen molar-refractivity contribution in [2.45, 2.75) is 6.92 Å². The van der Waals surface area contributed by atoms with Gasteiger partial charge in [0.1, 0.15) is 5.70 Å². The minimum atomic E-state index is -0.689. The molecule has 0 atom stereocenters. The molecule has 0 aliphatic rings. The lowest BCUT2D eigenvalue weighted by Crippen LogP contribution is -2.05. The molecule has 0 aliphatic carbocycles. The molecule has 0 saturated carbocycles. The molecule has 0 radical (unpaired) electrons. The van der Waals surface area contributed by atoms with E-state index >= 15 is 0 Å². The maximum absolute atomic E-state index is 11.5. The molecule has 0 aromatic heterocycles. The van der Waals surface area contributed by atoms with Crippen LogP contribution in [0.5, 0.6) is 0 Å². The molecule has 5 nitrogen and oxygen atoms in total. The predicted octanol–water partition coefficient (Wildman–Crippen LogP) is 4.32. The molecule has 0 fully saturated rings. The zero-order valence-corrected chi connectivity index (χ0v) is 11.8. The molecule has 0 amide bonds. The predicted molar refractivity (Wildman–Crippen MR) is 72.9 cm³/mol. The normalized spacial score (nSPS) is 10.7. The molecule has 1 aromatic rings. The van der Waals surface area contributed by atoms with Gasteiger partial charge in [0.2, 0.25) is 0 Å². The summed E-state index contributed by atoms with van der Waals surface area (Å²) in [5.41, 5.74) is 8.84. The lowest BCUT2D eigenvalue weighted by atomic mass is 10.2. The SMILES string of the molecule is CCOC(=O)C(=Cc1cc(Br)ccc1Cl)N=[N+]=[N-]. The highest BCUT2D eigenvalue weighted by Gasteiger charge is 2.10. The molecule has 0 spiro atoms. The standard InChI is InChI=1S/C11H9BrClN3O2/c1-2-18-11(17)10(15-16-14)6-7-5-8(12)3-4-9(7)13/h3-6H,2H2,1H3. The van der Waals surface area contributed by atoms with Gasteiger partial charge >= 0.3 is 5.97 Å². The van der Waals surface area contributed by atoms with E-state index in [1.165, 1.54) is 6.08 Å². The summed E-state index contributed by atoms with van der Waals surface area (Å²) in [7, 11) is 0. The van der Waals surface area contributed by atoms with Crippen molar-refractivity contribution in [2.75, 3.05) is 6.61 Å². The van der Waals surface area contributed by atoms with Crippen LogP contribution in [0.25, 0.3) is 16.5 Å². The van der Waals surface area contributed by atoms with E-state index in [1.807, 2.05) is 0 Å². The van der Waals surface area contributed by atoms with Crippen molar-refractivity contribution in [3.8, 4) is 0 Å². The second kappa shape index (κ2) is 7.06. The number of carbonyl (C=O) groups is 1. The highest BCUT2D eigenvalue weighted by Crippen LogP contribution is 2.23. The first kappa shape index (κ1) is 14.6. The van der Waals surface area contributed by atoms with Crippen molar-refractivity contribution >= 4 is 39.6 Å². The molecule has 94 valence electrons. The van der Waals surface area contributed by atoms with Crippen molar-refractivity contribution in [3.05, 3.63) is 49.4 Å². The zero-order chi connectivity index (χ0) is 13.5. The van der Waals surface area contributed by atoms with Gasteiger partial charge in [-0.2, -0.15) is 0 Å². The van der Waals surface area contributed by atoms with E-state index < -0.39 is 5.97 Å². The maximum Gasteiger partial charge on any atom is 0.340 e. The summed E-state index contributed by atoms with van der Waals surface area (Å²) in [6.45, 7) is 1.86. The highest BCUT2D eigenvalue weighted by molar-refractivity contribution is 9.10. The molecule has 18 heavy (non-hydrogen) atoms. The molecule has 1 rings (SSSR count). The van der Waals surface area contributed by atoms with Crippen LogP contribution in [-0.4, -0.2) is 12.6 Å². The minimum Gasteiger partial charge on any atom is -0.462 e. The summed E-state index contributed by atoms with van der Waals surface area (Å²) < 4.78 is 5.57. The van der Waals surface area contributed by atoms with Gasteiger partial charge in [0.05, 0.1) is 6.61 Å². The Hall–Kier alpha value is -1.49. The van der Waals surface area contributed by atoms with Crippen LogP contribution in [0.3, 0.4) is 0 Å². The van der Waals surface area contributed by atoms with Crippen LogP contribution in [0.4, 0.5) is 0 Å². The molecule has 0 aliphatic heterocycles. The van der Waals surface area contributed by atoms with Crippen LogP contribution in [-0.2, 0) is 9.53 Å². The van der Waals surface area contributed by atoms with Gasteiger partial charge in [-0.15, -0.1) is 0 Å². The fourth-order valence-electron chi connectivity index (χ4n) is 1.15. The van der Waals surface area contributed by atoms with E-state index in [2.05, 4.69) is 26.0 Å². The Kier molecular flexibility index (Phi) is 5.71. The Labute approximate surface area is 117 Å². The molecule has 0 saturated heterocycles. The van der Waals surface area contributed by atoms with Gasteiger partial charge in [-0.25, -0.2) is 4.79 Å². The fourth-order valence-corrected chi connectivity index (χ4v) is 1.71. The molecular weight excluding hydrogens is 321 g/mol. The van der Waals surface area contributed by atoms with Crippen molar-refractivity contribution in [1.82, 2.24) is 0 Å². The number of azide groups is 1. The average molecular weight is 331 g/mol. The van der Waals surface area contributed by atoms with Crippen LogP contribution in [0.1, 0.15) is 12.5 Å². The Morgan fingerprint density at radius 2 is 2.39 bits per heavy atom. The lowest BCUT2D eigenvalue weighted by Gasteiger charge is -2.03. The largest absolute Gasteiger partial charge is 0.462 e. The molecule has 0 unspecified atom stereocenters. The molecule has 0 N–H and O–H groups in total. The quantitative estimate of drug-likeness (QED) is 0.271. The number of carbonyl (C=O) groups excluding carboxylic acids is 1. The summed E-state index contributed by atoms with van der Waals surface area (Å²) >= 11 is 9.26. The molecule has 7 heteroatoms. The summed E-state index contributed by atoms with van der Waals surface area (Å²) in [4.78, 5) is 14.1. The third kappa shape index (κ3) is 4.07. The minimum absolute atomic E-state index is 0.139. The fraction of sp³-hybridized carbons (Fsp3) is 0.182. The van der Waals surface area contributed by atoms with Gasteiger partial charge in [-0.3, -0.25) is 0 Å². The summed E-state index contributed by atoms with van der Waals surface area (Å²) in [6, 6.07) is 5.13. The zero-order valence-electron chi connectivity index (χ0n) is 9.43. The van der Waals surface area contributed by atoms with Gasteiger partial charge < -0.3 is 4.74 Å². The van der Waals surface area contributed by atoms with Crippen molar-refractivity contribution < 1.29 is 9.53 Å². The van der Waals surface area contributed by atoms with Crippen LogP contribution in [0, 0.1) is 0 Å². The number of hydrogen-bond acceptors (Lipinski definition) is 3. The van der Waals surface area contributed by atoms with Crippen LogP contribution >= 0.6 is 27.5 Å². The number of rotatable bonds is 4. The second-order valence-corrected chi connectivity index (χ2v) is 4.43. The second-order valence-electron chi connectivity index (χ2n) is 3.11. The first-order valence-electron chi connectivity index (χ1n) is 4.97. The first-order valence-corrected chi connectivity index (χ1v) is 6.14. The third-order valence-corrected chi connectivity index (χ3v) is 2.72. The summed E-state index contributed by atoms with van der Waals surface area (Å²) in [6.07, 6.45) is 1.38. The van der Waals surface area contributed by atoms with Crippen molar-refractivity contribution in [2.24, 2.45) is 5.11 Å². The van der Waals surface area contributed by atoms with Crippen molar-refractivity contribution in [3.63, 3.8) is 0 Å². The third-order valence-electron chi connectivity index (χ3n) is 1.89. The van der Waals surface area contributed by atoms with Crippen molar-refractivity contribution in [1.29, 1.82) is 0 Å². The lowest BCUT2D eigenvalue weighted by molar-refractivity contribution is -0.138. The van der Waals surface area contributed by atoms with Gasteiger partial charge in [0.25, 0.3) is 0 Å². The monoisotopic (exact) mass is 329 g/mol. The topological polar surface area (TPSA) is 75.1 Å². The Morgan fingerprint density at radius 3 is 3.00 bits per heavy atom. The molecule has 1 aromatic carbocycles. The van der Waals surface area contributed by atoms with E-state index in [9.17, 15) is 4.79 Å². The van der Waals surface area contributed by atoms with E-state index in [-0.39, 0.29) is 12.3 Å². The number of nitrogens with zero attached hydrogens (tertiary/aromatic N) is 3. The Morgan fingerprint density at radius 1 is 1.67 bits per heavy atom. The number of halogens is 2. The molecular formula is C11H9BrClN3O2. The maximum atomic E-state index is 11.5. The van der Waals surface area contributed by atoms with E-state index in [0.717, 1.165) is 4.47 Å². The number of esters is 1. The van der Waals surface area contributed by atoms with Crippen LogP contribution < -0.4 is 0 Å². The van der Waals surface area contributed by atoms with Gasteiger partial charge in [0, 0.05) is 14.4 Å².